The highest BCUT2D eigenvalue weighted by atomic mass is 79.9. The van der Waals surface area contributed by atoms with Gasteiger partial charge in [0, 0.05) is 16.7 Å². The third-order valence-electron chi connectivity index (χ3n) is 2.11. The Morgan fingerprint density at radius 1 is 1.47 bits per heavy atom. The fourth-order valence-corrected chi connectivity index (χ4v) is 1.57. The molecule has 0 heterocycles. The molecule has 6 heteroatoms. The molecule has 0 aliphatic heterocycles. The van der Waals surface area contributed by atoms with E-state index in [2.05, 4.69) is 21.2 Å². The van der Waals surface area contributed by atoms with E-state index in [1.165, 1.54) is 12.1 Å². The van der Waals surface area contributed by atoms with Gasteiger partial charge < -0.3 is 5.32 Å². The van der Waals surface area contributed by atoms with Gasteiger partial charge in [-0.05, 0) is 25.1 Å². The molecule has 0 aliphatic carbocycles. The first-order valence-corrected chi connectivity index (χ1v) is 5.64. The Hall–Kier alpha value is -1.22. The molecule has 0 spiro atoms. The van der Waals surface area contributed by atoms with E-state index in [0.29, 0.717) is 4.47 Å². The van der Waals surface area contributed by atoms with Crippen molar-refractivity contribution in [2.24, 2.45) is 5.92 Å². The largest absolute Gasteiger partial charge is 0.418 e. The lowest BCUT2D eigenvalue weighted by Crippen LogP contribution is -2.14. The Bertz CT molecular complexity index is 437. The SMILES string of the molecule is CC(C#N)CNc1ccc(Br)cc1C(F)(F)F. The second kappa shape index (κ2) is 5.41. The van der Waals surface area contributed by atoms with E-state index in [1.807, 2.05) is 6.07 Å². The zero-order valence-corrected chi connectivity index (χ0v) is 10.6. The van der Waals surface area contributed by atoms with Gasteiger partial charge in [-0.3, -0.25) is 0 Å². The van der Waals surface area contributed by atoms with Crippen LogP contribution in [-0.4, -0.2) is 6.54 Å². The molecule has 1 rings (SSSR count). The number of halogens is 4. The molecular formula is C11H10BrF3N2. The molecule has 0 aromatic heterocycles. The number of alkyl halides is 3. The van der Waals surface area contributed by atoms with Gasteiger partial charge in [0.25, 0.3) is 0 Å². The fourth-order valence-electron chi connectivity index (χ4n) is 1.21. The Balaban J connectivity index is 2.96. The highest BCUT2D eigenvalue weighted by Crippen LogP contribution is 2.36. The number of benzene rings is 1. The lowest BCUT2D eigenvalue weighted by Gasteiger charge is -2.15. The lowest BCUT2D eigenvalue weighted by molar-refractivity contribution is -0.137. The van der Waals surface area contributed by atoms with Gasteiger partial charge in [0.1, 0.15) is 0 Å². The molecular weight excluding hydrogens is 297 g/mol. The van der Waals surface area contributed by atoms with Crippen molar-refractivity contribution < 1.29 is 13.2 Å². The molecule has 0 fully saturated rings. The Labute approximate surface area is 106 Å². The van der Waals surface area contributed by atoms with Gasteiger partial charge in [-0.2, -0.15) is 18.4 Å². The van der Waals surface area contributed by atoms with E-state index in [9.17, 15) is 13.2 Å². The number of nitrogens with zero attached hydrogens (tertiary/aromatic N) is 1. The van der Waals surface area contributed by atoms with Crippen LogP contribution in [0.25, 0.3) is 0 Å². The normalized spacial score (nSPS) is 12.9. The standard InChI is InChI=1S/C11H10BrF3N2/c1-7(5-16)6-17-10-3-2-8(12)4-9(10)11(13,14)15/h2-4,7,17H,6H2,1H3. The minimum atomic E-state index is -4.41. The summed E-state index contributed by atoms with van der Waals surface area (Å²) in [5, 5.41) is 11.2. The molecule has 17 heavy (non-hydrogen) atoms. The van der Waals surface area contributed by atoms with E-state index < -0.39 is 11.7 Å². The van der Waals surface area contributed by atoms with E-state index in [0.717, 1.165) is 6.07 Å². The van der Waals surface area contributed by atoms with Gasteiger partial charge in [0.2, 0.25) is 0 Å². The van der Waals surface area contributed by atoms with Gasteiger partial charge in [0.15, 0.2) is 0 Å². The van der Waals surface area contributed by atoms with Crippen LogP contribution in [0.1, 0.15) is 12.5 Å². The molecule has 0 radical (unpaired) electrons. The predicted octanol–water partition coefficient (Wildman–Crippen LogP) is 4.04. The summed E-state index contributed by atoms with van der Waals surface area (Å²) in [5.74, 6) is -0.347. The number of hydrogen-bond acceptors (Lipinski definition) is 2. The quantitative estimate of drug-likeness (QED) is 0.915. The van der Waals surface area contributed by atoms with Crippen LogP contribution in [0.5, 0.6) is 0 Å². The zero-order valence-electron chi connectivity index (χ0n) is 8.98. The van der Waals surface area contributed by atoms with Crippen molar-refractivity contribution in [2.45, 2.75) is 13.1 Å². The van der Waals surface area contributed by atoms with Crippen molar-refractivity contribution in [3.63, 3.8) is 0 Å². The number of anilines is 1. The summed E-state index contributed by atoms with van der Waals surface area (Å²) in [6, 6.07) is 5.83. The van der Waals surface area contributed by atoms with Crippen molar-refractivity contribution in [3.8, 4) is 6.07 Å². The second-order valence-electron chi connectivity index (χ2n) is 3.60. The van der Waals surface area contributed by atoms with Crippen molar-refractivity contribution in [3.05, 3.63) is 28.2 Å². The van der Waals surface area contributed by atoms with Gasteiger partial charge in [-0.25, -0.2) is 0 Å². The first-order chi connectivity index (χ1) is 7.84. The van der Waals surface area contributed by atoms with Crippen LogP contribution < -0.4 is 5.32 Å². The molecule has 1 N–H and O–H groups in total. The summed E-state index contributed by atoms with van der Waals surface area (Å²) < 4.78 is 38.5. The molecule has 1 aromatic rings. The van der Waals surface area contributed by atoms with Crippen LogP contribution in [0.3, 0.4) is 0 Å². The maximum atomic E-state index is 12.7. The fraction of sp³-hybridized carbons (Fsp3) is 0.364. The molecule has 1 unspecified atom stereocenters. The van der Waals surface area contributed by atoms with E-state index in [4.69, 9.17) is 5.26 Å². The van der Waals surface area contributed by atoms with Crippen LogP contribution in [0.15, 0.2) is 22.7 Å². The van der Waals surface area contributed by atoms with Crippen molar-refractivity contribution in [1.82, 2.24) is 0 Å². The number of hydrogen-bond donors (Lipinski definition) is 1. The first kappa shape index (κ1) is 13.8. The van der Waals surface area contributed by atoms with E-state index in [-0.39, 0.29) is 18.2 Å². The maximum absolute atomic E-state index is 12.7. The van der Waals surface area contributed by atoms with Gasteiger partial charge >= 0.3 is 6.18 Å². The summed E-state index contributed by atoms with van der Waals surface area (Å²) in [4.78, 5) is 0. The Morgan fingerprint density at radius 2 is 2.12 bits per heavy atom. The zero-order chi connectivity index (χ0) is 13.1. The van der Waals surface area contributed by atoms with Crippen LogP contribution >= 0.6 is 15.9 Å². The second-order valence-corrected chi connectivity index (χ2v) is 4.51. The van der Waals surface area contributed by atoms with Gasteiger partial charge in [-0.1, -0.05) is 15.9 Å². The monoisotopic (exact) mass is 306 g/mol. The molecule has 0 amide bonds. The summed E-state index contributed by atoms with van der Waals surface area (Å²) in [5.41, 5.74) is -0.750. The van der Waals surface area contributed by atoms with Crippen LogP contribution in [-0.2, 0) is 6.18 Å². The molecule has 0 aliphatic rings. The molecule has 0 bridgehead atoms. The minimum absolute atomic E-state index is 0.0113. The van der Waals surface area contributed by atoms with Crippen molar-refractivity contribution in [1.29, 1.82) is 5.26 Å². The van der Waals surface area contributed by atoms with Crippen LogP contribution in [0, 0.1) is 17.2 Å². The Kier molecular flexibility index (Phi) is 4.40. The summed E-state index contributed by atoms with van der Waals surface area (Å²) in [7, 11) is 0. The summed E-state index contributed by atoms with van der Waals surface area (Å²) in [6.45, 7) is 1.82. The van der Waals surface area contributed by atoms with Crippen molar-refractivity contribution in [2.75, 3.05) is 11.9 Å². The smallest absolute Gasteiger partial charge is 0.383 e. The summed E-state index contributed by atoms with van der Waals surface area (Å²) in [6.07, 6.45) is -4.41. The topological polar surface area (TPSA) is 35.8 Å². The molecule has 1 aromatic carbocycles. The van der Waals surface area contributed by atoms with Gasteiger partial charge in [0.05, 0.1) is 17.6 Å². The number of nitriles is 1. The molecule has 0 saturated carbocycles. The molecule has 0 saturated heterocycles. The lowest BCUT2D eigenvalue weighted by atomic mass is 10.1. The van der Waals surface area contributed by atoms with Gasteiger partial charge in [-0.15, -0.1) is 0 Å². The average molecular weight is 307 g/mol. The highest BCUT2D eigenvalue weighted by molar-refractivity contribution is 9.10. The third-order valence-corrected chi connectivity index (χ3v) is 2.60. The highest BCUT2D eigenvalue weighted by Gasteiger charge is 2.33. The number of nitrogens with one attached hydrogen (secondary N) is 1. The van der Waals surface area contributed by atoms with Crippen LogP contribution in [0.4, 0.5) is 18.9 Å². The summed E-state index contributed by atoms with van der Waals surface area (Å²) >= 11 is 3.00. The van der Waals surface area contributed by atoms with E-state index >= 15 is 0 Å². The first-order valence-electron chi connectivity index (χ1n) is 4.85. The maximum Gasteiger partial charge on any atom is 0.418 e. The third kappa shape index (κ3) is 3.93. The average Bonchev–Trinajstić information content (AvgIpc) is 2.25. The van der Waals surface area contributed by atoms with Crippen molar-refractivity contribution >= 4 is 21.6 Å². The molecule has 2 nitrogen and oxygen atoms in total. The minimum Gasteiger partial charge on any atom is -0.383 e. The van der Waals surface area contributed by atoms with Crippen LogP contribution in [0.2, 0.25) is 0 Å². The molecule has 1 atom stereocenters. The molecule has 92 valence electrons. The Morgan fingerprint density at radius 3 is 2.65 bits per heavy atom. The predicted molar refractivity (Wildman–Crippen MR) is 62.4 cm³/mol. The van der Waals surface area contributed by atoms with E-state index in [1.54, 1.807) is 6.92 Å². The number of rotatable bonds is 3.